The number of nitrogens with zero attached hydrogens (tertiary/aromatic N) is 2. The van der Waals surface area contributed by atoms with Gasteiger partial charge in [0.1, 0.15) is 23.4 Å². The number of carbonyl (C=O) groups excluding carboxylic acids is 2. The van der Waals surface area contributed by atoms with Gasteiger partial charge in [0.25, 0.3) is 0 Å². The largest absolute Gasteiger partial charge is 0.497 e. The van der Waals surface area contributed by atoms with E-state index in [0.717, 1.165) is 12.1 Å². The fraction of sp³-hybridized carbons (Fsp3) is 0.263. The van der Waals surface area contributed by atoms with Crippen LogP contribution in [-0.4, -0.2) is 43.1 Å². The summed E-state index contributed by atoms with van der Waals surface area (Å²) in [6.45, 7) is 2.18. The summed E-state index contributed by atoms with van der Waals surface area (Å²) in [6, 6.07) is 8.58. The molecule has 6 nitrogen and oxygen atoms in total. The molecule has 3 amide bonds. The summed E-state index contributed by atoms with van der Waals surface area (Å²) in [5.74, 6) is -1.18. The lowest BCUT2D eigenvalue weighted by atomic mass is 10.1. The molecule has 2 aromatic rings. The maximum absolute atomic E-state index is 13.7. The van der Waals surface area contributed by atoms with Crippen molar-refractivity contribution in [1.82, 2.24) is 4.90 Å². The van der Waals surface area contributed by atoms with Crippen LogP contribution < -0.4 is 15.0 Å². The van der Waals surface area contributed by atoms with Crippen LogP contribution >= 0.6 is 0 Å². The van der Waals surface area contributed by atoms with Crippen LogP contribution in [0.4, 0.5) is 25.0 Å². The smallest absolute Gasteiger partial charge is 0.322 e. The van der Waals surface area contributed by atoms with Gasteiger partial charge in [-0.25, -0.2) is 13.6 Å². The van der Waals surface area contributed by atoms with E-state index in [1.54, 1.807) is 43.2 Å². The summed E-state index contributed by atoms with van der Waals surface area (Å²) in [5.41, 5.74) is 0.566. The molecule has 0 aliphatic carbocycles. The summed E-state index contributed by atoms with van der Waals surface area (Å²) in [4.78, 5) is 28.1. The molecule has 1 saturated heterocycles. The van der Waals surface area contributed by atoms with Gasteiger partial charge in [-0.05, 0) is 43.3 Å². The van der Waals surface area contributed by atoms with E-state index in [1.807, 2.05) is 0 Å². The highest BCUT2D eigenvalue weighted by atomic mass is 19.1. The lowest BCUT2D eigenvalue weighted by Gasteiger charge is -2.39. The number of nitrogens with one attached hydrogen (secondary N) is 1. The standard InChI is InChI=1S/C19H19F2N3O3/c1-12-18(25)24(14-4-6-15(27-2)7-5-14)10-9-23(12)19(26)22-17-8-3-13(20)11-16(17)21/h3-8,11-12H,9-10H2,1-2H3,(H,22,26)/t12-/m0/s1. The minimum Gasteiger partial charge on any atom is -0.497 e. The average Bonchev–Trinajstić information content (AvgIpc) is 2.66. The van der Waals surface area contributed by atoms with Crippen molar-refractivity contribution in [3.63, 3.8) is 0 Å². The van der Waals surface area contributed by atoms with E-state index in [2.05, 4.69) is 5.32 Å². The molecule has 1 aliphatic rings. The van der Waals surface area contributed by atoms with Crippen LogP contribution in [0.3, 0.4) is 0 Å². The number of amides is 3. The van der Waals surface area contributed by atoms with E-state index < -0.39 is 23.7 Å². The minimum absolute atomic E-state index is 0.140. The summed E-state index contributed by atoms with van der Waals surface area (Å²) in [5, 5.41) is 2.39. The number of urea groups is 1. The third-order valence-corrected chi connectivity index (χ3v) is 4.47. The molecule has 142 valence electrons. The normalized spacial score (nSPS) is 17.0. The van der Waals surface area contributed by atoms with Gasteiger partial charge in [-0.2, -0.15) is 0 Å². The van der Waals surface area contributed by atoms with E-state index in [9.17, 15) is 18.4 Å². The predicted octanol–water partition coefficient (Wildman–Crippen LogP) is 3.24. The number of piperazine rings is 1. The van der Waals surface area contributed by atoms with Crippen molar-refractivity contribution < 1.29 is 23.1 Å². The van der Waals surface area contributed by atoms with Gasteiger partial charge in [0, 0.05) is 24.8 Å². The molecule has 1 N–H and O–H groups in total. The first kappa shape index (κ1) is 18.6. The van der Waals surface area contributed by atoms with Gasteiger partial charge < -0.3 is 19.9 Å². The highest BCUT2D eigenvalue weighted by Gasteiger charge is 2.35. The number of ether oxygens (including phenoxy) is 1. The van der Waals surface area contributed by atoms with E-state index in [-0.39, 0.29) is 18.1 Å². The second-order valence-electron chi connectivity index (χ2n) is 6.11. The molecule has 0 spiro atoms. The van der Waals surface area contributed by atoms with Gasteiger partial charge in [0.15, 0.2) is 0 Å². The number of hydrogen-bond donors (Lipinski definition) is 1. The van der Waals surface area contributed by atoms with Crippen LogP contribution in [-0.2, 0) is 4.79 Å². The molecular weight excluding hydrogens is 356 g/mol. The Hall–Kier alpha value is -3.16. The zero-order valence-corrected chi connectivity index (χ0v) is 14.9. The third-order valence-electron chi connectivity index (χ3n) is 4.47. The Morgan fingerprint density at radius 2 is 1.85 bits per heavy atom. The molecule has 3 rings (SSSR count). The fourth-order valence-electron chi connectivity index (χ4n) is 2.94. The number of carbonyl (C=O) groups is 2. The molecule has 2 aromatic carbocycles. The number of halogens is 2. The van der Waals surface area contributed by atoms with Crippen molar-refractivity contribution in [3.8, 4) is 5.75 Å². The van der Waals surface area contributed by atoms with Gasteiger partial charge in [-0.1, -0.05) is 0 Å². The first-order valence-electron chi connectivity index (χ1n) is 8.39. The first-order valence-corrected chi connectivity index (χ1v) is 8.39. The Morgan fingerprint density at radius 1 is 1.15 bits per heavy atom. The van der Waals surface area contributed by atoms with Crippen molar-refractivity contribution >= 4 is 23.3 Å². The Labute approximate surface area is 155 Å². The van der Waals surface area contributed by atoms with Gasteiger partial charge in [0.05, 0.1) is 12.8 Å². The van der Waals surface area contributed by atoms with Gasteiger partial charge >= 0.3 is 6.03 Å². The summed E-state index contributed by atoms with van der Waals surface area (Å²) in [6.07, 6.45) is 0. The maximum atomic E-state index is 13.7. The third kappa shape index (κ3) is 3.84. The summed E-state index contributed by atoms with van der Waals surface area (Å²) >= 11 is 0. The number of methoxy groups -OCH3 is 1. The highest BCUT2D eigenvalue weighted by molar-refractivity contribution is 6.01. The molecule has 8 heteroatoms. The molecule has 1 atom stereocenters. The van der Waals surface area contributed by atoms with Crippen molar-refractivity contribution in [1.29, 1.82) is 0 Å². The molecule has 0 bridgehead atoms. The maximum Gasteiger partial charge on any atom is 0.322 e. The van der Waals surface area contributed by atoms with Crippen LogP contribution in [0.1, 0.15) is 6.92 Å². The van der Waals surface area contributed by atoms with Crippen LogP contribution in [0.2, 0.25) is 0 Å². The zero-order valence-electron chi connectivity index (χ0n) is 14.9. The molecule has 1 heterocycles. The monoisotopic (exact) mass is 375 g/mol. The predicted molar refractivity (Wildman–Crippen MR) is 96.9 cm³/mol. The highest BCUT2D eigenvalue weighted by Crippen LogP contribution is 2.24. The second-order valence-corrected chi connectivity index (χ2v) is 6.11. The van der Waals surface area contributed by atoms with Crippen LogP contribution in [0.25, 0.3) is 0 Å². The topological polar surface area (TPSA) is 61.9 Å². The van der Waals surface area contributed by atoms with E-state index in [1.165, 1.54) is 4.90 Å². The lowest BCUT2D eigenvalue weighted by Crippen LogP contribution is -2.58. The fourth-order valence-corrected chi connectivity index (χ4v) is 2.94. The molecule has 0 aromatic heterocycles. The molecular formula is C19H19F2N3O3. The quantitative estimate of drug-likeness (QED) is 0.896. The van der Waals surface area contributed by atoms with E-state index >= 15 is 0 Å². The number of hydrogen-bond acceptors (Lipinski definition) is 3. The SMILES string of the molecule is COc1ccc(N2CCN(C(=O)Nc3ccc(F)cc3F)[C@@H](C)C2=O)cc1. The average molecular weight is 375 g/mol. The molecule has 1 fully saturated rings. The van der Waals surface area contributed by atoms with E-state index in [4.69, 9.17) is 4.74 Å². The Kier molecular flexibility index (Phi) is 5.25. The number of anilines is 2. The molecule has 0 radical (unpaired) electrons. The lowest BCUT2D eigenvalue weighted by molar-refractivity contribution is -0.123. The van der Waals surface area contributed by atoms with Crippen LogP contribution in [0.15, 0.2) is 42.5 Å². The van der Waals surface area contributed by atoms with E-state index in [0.29, 0.717) is 24.0 Å². The Balaban J connectivity index is 1.70. The molecule has 0 unspecified atom stereocenters. The summed E-state index contributed by atoms with van der Waals surface area (Å²) < 4.78 is 31.8. The Morgan fingerprint density at radius 3 is 2.48 bits per heavy atom. The molecule has 1 aliphatic heterocycles. The first-order chi connectivity index (χ1) is 12.9. The molecule has 27 heavy (non-hydrogen) atoms. The zero-order chi connectivity index (χ0) is 19.6. The molecule has 0 saturated carbocycles. The Bertz CT molecular complexity index is 858. The van der Waals surface area contributed by atoms with Crippen molar-refractivity contribution in [3.05, 3.63) is 54.1 Å². The number of rotatable bonds is 3. The van der Waals surface area contributed by atoms with Gasteiger partial charge in [-0.3, -0.25) is 4.79 Å². The van der Waals surface area contributed by atoms with Crippen molar-refractivity contribution in [2.45, 2.75) is 13.0 Å². The van der Waals surface area contributed by atoms with Crippen molar-refractivity contribution in [2.24, 2.45) is 0 Å². The van der Waals surface area contributed by atoms with Gasteiger partial charge in [0.2, 0.25) is 5.91 Å². The van der Waals surface area contributed by atoms with Crippen LogP contribution in [0.5, 0.6) is 5.75 Å². The summed E-state index contributed by atoms with van der Waals surface area (Å²) in [7, 11) is 1.56. The number of benzene rings is 2. The second kappa shape index (κ2) is 7.61. The van der Waals surface area contributed by atoms with Crippen LogP contribution in [0, 0.1) is 11.6 Å². The van der Waals surface area contributed by atoms with Crippen molar-refractivity contribution in [2.75, 3.05) is 30.4 Å². The minimum atomic E-state index is -0.876. The van der Waals surface area contributed by atoms with Gasteiger partial charge in [-0.15, -0.1) is 0 Å².